The van der Waals surface area contributed by atoms with Gasteiger partial charge in [0.25, 0.3) is 0 Å². The minimum atomic E-state index is -1.06. The molecule has 0 bridgehead atoms. The number of benzene rings is 1. The predicted octanol–water partition coefficient (Wildman–Crippen LogP) is 2.11. The van der Waals surface area contributed by atoms with Gasteiger partial charge in [0.2, 0.25) is 0 Å². The number of carbonyl (C=O) groups is 2. The second-order valence-electron chi connectivity index (χ2n) is 4.18. The van der Waals surface area contributed by atoms with E-state index in [9.17, 15) is 9.59 Å². The van der Waals surface area contributed by atoms with Gasteiger partial charge >= 0.3 is 11.9 Å². The van der Waals surface area contributed by atoms with Crippen LogP contribution in [0.15, 0.2) is 36.4 Å². The molecule has 1 aromatic heterocycles. The Hall–Kier alpha value is -2.56. The summed E-state index contributed by atoms with van der Waals surface area (Å²) in [4.78, 5) is 22.0. The van der Waals surface area contributed by atoms with Crippen LogP contribution in [0.3, 0.4) is 0 Å². The first-order valence-electron chi connectivity index (χ1n) is 5.72. The van der Waals surface area contributed by atoms with E-state index in [0.29, 0.717) is 11.4 Å². The van der Waals surface area contributed by atoms with Crippen molar-refractivity contribution in [1.29, 1.82) is 0 Å². The summed E-state index contributed by atoms with van der Waals surface area (Å²) in [6.45, 7) is 1.67. The fourth-order valence-electron chi connectivity index (χ4n) is 2.11. The first kappa shape index (κ1) is 12.9. The van der Waals surface area contributed by atoms with Gasteiger partial charge in [-0.05, 0) is 25.1 Å². The average Bonchev–Trinajstić information content (AvgIpc) is 2.66. The lowest BCUT2D eigenvalue weighted by Gasteiger charge is -2.10. The molecule has 0 radical (unpaired) electrons. The lowest BCUT2D eigenvalue weighted by molar-refractivity contribution is -0.136. The molecule has 0 saturated heterocycles. The summed E-state index contributed by atoms with van der Waals surface area (Å²) in [5.74, 6) is -2.05. The highest BCUT2D eigenvalue weighted by atomic mass is 16.4. The van der Waals surface area contributed by atoms with Crippen molar-refractivity contribution < 1.29 is 19.8 Å². The Kier molecular flexibility index (Phi) is 3.37. The summed E-state index contributed by atoms with van der Waals surface area (Å²) < 4.78 is 1.66. The van der Waals surface area contributed by atoms with Crippen molar-refractivity contribution in [2.75, 3.05) is 0 Å². The molecule has 1 heterocycles. The van der Waals surface area contributed by atoms with Crippen LogP contribution in [-0.4, -0.2) is 26.7 Å². The molecule has 0 atom stereocenters. The quantitative estimate of drug-likeness (QED) is 0.881. The number of carboxylic acids is 2. The molecule has 5 nitrogen and oxygen atoms in total. The second-order valence-corrected chi connectivity index (χ2v) is 4.18. The summed E-state index contributed by atoms with van der Waals surface area (Å²) in [6.07, 6.45) is -0.219. The van der Waals surface area contributed by atoms with Crippen LogP contribution in [-0.2, 0) is 11.2 Å². The van der Waals surface area contributed by atoms with Crippen LogP contribution in [0.4, 0.5) is 0 Å². The van der Waals surface area contributed by atoms with Crippen molar-refractivity contribution in [1.82, 2.24) is 4.57 Å². The Morgan fingerprint density at radius 2 is 1.79 bits per heavy atom. The van der Waals surface area contributed by atoms with Gasteiger partial charge in [0.15, 0.2) is 0 Å². The number of aliphatic carboxylic acids is 1. The number of aromatic carboxylic acids is 1. The number of carboxylic acid groups (broad SMARTS) is 2. The molecular formula is C14H13NO4. The lowest BCUT2D eigenvalue weighted by Crippen LogP contribution is -2.08. The standard InChI is InChI=1S/C14H13NO4/c1-9-12(14(18)19)7-11(8-13(16)17)15(9)10-5-3-2-4-6-10/h2-7H,8H2,1H3,(H,16,17)(H,18,19). The topological polar surface area (TPSA) is 79.5 Å². The summed E-state index contributed by atoms with van der Waals surface area (Å²) in [6, 6.07) is 10.5. The van der Waals surface area contributed by atoms with E-state index in [-0.39, 0.29) is 12.0 Å². The van der Waals surface area contributed by atoms with E-state index in [1.54, 1.807) is 11.5 Å². The molecule has 0 saturated carbocycles. The number of hydrogen-bond acceptors (Lipinski definition) is 2. The molecular weight excluding hydrogens is 246 g/mol. The fraction of sp³-hybridized carbons (Fsp3) is 0.143. The van der Waals surface area contributed by atoms with Crippen LogP contribution in [0.1, 0.15) is 21.7 Å². The number of rotatable bonds is 4. The predicted molar refractivity (Wildman–Crippen MR) is 68.8 cm³/mol. The molecule has 0 aliphatic heterocycles. The van der Waals surface area contributed by atoms with Crippen molar-refractivity contribution in [3.63, 3.8) is 0 Å². The minimum absolute atomic E-state index is 0.125. The van der Waals surface area contributed by atoms with Gasteiger partial charge in [-0.2, -0.15) is 0 Å². The zero-order chi connectivity index (χ0) is 14.0. The van der Waals surface area contributed by atoms with E-state index in [1.807, 2.05) is 30.3 Å². The van der Waals surface area contributed by atoms with Crippen LogP contribution >= 0.6 is 0 Å². The maximum Gasteiger partial charge on any atom is 0.337 e. The Morgan fingerprint density at radius 3 is 2.32 bits per heavy atom. The SMILES string of the molecule is Cc1c(C(=O)O)cc(CC(=O)O)n1-c1ccccc1. The van der Waals surface area contributed by atoms with E-state index in [2.05, 4.69) is 0 Å². The third kappa shape index (κ3) is 2.49. The van der Waals surface area contributed by atoms with Crippen molar-refractivity contribution in [3.05, 3.63) is 53.3 Å². The molecule has 2 aromatic rings. The third-order valence-corrected chi connectivity index (χ3v) is 2.90. The highest BCUT2D eigenvalue weighted by molar-refractivity contribution is 5.90. The van der Waals surface area contributed by atoms with Crippen molar-refractivity contribution in [2.45, 2.75) is 13.3 Å². The molecule has 98 valence electrons. The van der Waals surface area contributed by atoms with Crippen molar-refractivity contribution in [3.8, 4) is 5.69 Å². The Bertz CT molecular complexity index is 628. The molecule has 0 fully saturated rings. The summed E-state index contributed by atoms with van der Waals surface area (Å²) in [7, 11) is 0. The summed E-state index contributed by atoms with van der Waals surface area (Å²) in [5.41, 5.74) is 1.85. The molecule has 0 spiro atoms. The van der Waals surface area contributed by atoms with Gasteiger partial charge in [0.1, 0.15) is 0 Å². The number of aromatic nitrogens is 1. The fourth-order valence-corrected chi connectivity index (χ4v) is 2.11. The van der Waals surface area contributed by atoms with Crippen molar-refractivity contribution in [2.24, 2.45) is 0 Å². The first-order valence-corrected chi connectivity index (χ1v) is 5.72. The maximum atomic E-state index is 11.1. The van der Waals surface area contributed by atoms with E-state index >= 15 is 0 Å². The zero-order valence-electron chi connectivity index (χ0n) is 10.3. The maximum absolute atomic E-state index is 11.1. The van der Waals surface area contributed by atoms with Crippen LogP contribution in [0.25, 0.3) is 5.69 Å². The smallest absolute Gasteiger partial charge is 0.337 e. The van der Waals surface area contributed by atoms with E-state index < -0.39 is 11.9 Å². The summed E-state index contributed by atoms with van der Waals surface area (Å²) in [5, 5.41) is 18.0. The van der Waals surface area contributed by atoms with Crippen LogP contribution < -0.4 is 0 Å². The summed E-state index contributed by atoms with van der Waals surface area (Å²) >= 11 is 0. The molecule has 0 amide bonds. The third-order valence-electron chi connectivity index (χ3n) is 2.90. The number of para-hydroxylation sites is 1. The van der Waals surface area contributed by atoms with Crippen LogP contribution in [0.5, 0.6) is 0 Å². The zero-order valence-corrected chi connectivity index (χ0v) is 10.3. The van der Waals surface area contributed by atoms with Gasteiger partial charge in [-0.1, -0.05) is 18.2 Å². The minimum Gasteiger partial charge on any atom is -0.481 e. The van der Waals surface area contributed by atoms with E-state index in [1.165, 1.54) is 6.07 Å². The molecule has 0 aliphatic carbocycles. The molecule has 0 aliphatic rings. The van der Waals surface area contributed by atoms with Crippen LogP contribution in [0, 0.1) is 6.92 Å². The molecule has 0 unspecified atom stereocenters. The van der Waals surface area contributed by atoms with Gasteiger partial charge in [-0.15, -0.1) is 0 Å². The van der Waals surface area contributed by atoms with Gasteiger partial charge in [0, 0.05) is 17.1 Å². The molecule has 2 N–H and O–H groups in total. The molecule has 5 heteroatoms. The number of nitrogens with zero attached hydrogens (tertiary/aromatic N) is 1. The Labute approximate surface area is 109 Å². The van der Waals surface area contributed by atoms with Gasteiger partial charge in [-0.25, -0.2) is 4.79 Å². The molecule has 1 aromatic carbocycles. The van der Waals surface area contributed by atoms with E-state index in [4.69, 9.17) is 10.2 Å². The average molecular weight is 259 g/mol. The highest BCUT2D eigenvalue weighted by Gasteiger charge is 2.19. The van der Waals surface area contributed by atoms with Crippen LogP contribution in [0.2, 0.25) is 0 Å². The highest BCUT2D eigenvalue weighted by Crippen LogP contribution is 2.21. The Morgan fingerprint density at radius 1 is 1.16 bits per heavy atom. The largest absolute Gasteiger partial charge is 0.481 e. The van der Waals surface area contributed by atoms with Gasteiger partial charge in [0.05, 0.1) is 12.0 Å². The number of hydrogen-bond donors (Lipinski definition) is 2. The Balaban J connectivity index is 2.63. The van der Waals surface area contributed by atoms with Gasteiger partial charge in [-0.3, -0.25) is 4.79 Å². The second kappa shape index (κ2) is 4.97. The normalized spacial score (nSPS) is 10.4. The van der Waals surface area contributed by atoms with E-state index in [0.717, 1.165) is 5.69 Å². The molecule has 2 rings (SSSR count). The van der Waals surface area contributed by atoms with Crippen molar-refractivity contribution >= 4 is 11.9 Å². The molecule has 19 heavy (non-hydrogen) atoms. The van der Waals surface area contributed by atoms with Gasteiger partial charge < -0.3 is 14.8 Å². The lowest BCUT2D eigenvalue weighted by atomic mass is 10.2. The first-order chi connectivity index (χ1) is 9.00. The monoisotopic (exact) mass is 259 g/mol.